The van der Waals surface area contributed by atoms with E-state index in [-0.39, 0.29) is 0 Å². The number of aromatic nitrogens is 1. The highest BCUT2D eigenvalue weighted by Gasteiger charge is 2.07. The maximum absolute atomic E-state index is 5.22. The molecule has 1 heterocycles. The van der Waals surface area contributed by atoms with E-state index in [1.165, 1.54) is 5.69 Å². The smallest absolute Gasteiger partial charge is 0.133 e. The van der Waals surface area contributed by atoms with Crippen molar-refractivity contribution in [2.24, 2.45) is 0 Å². The van der Waals surface area contributed by atoms with Gasteiger partial charge in [0.1, 0.15) is 10.8 Å². The first-order valence-electron chi connectivity index (χ1n) is 5.53. The highest BCUT2D eigenvalue weighted by atomic mass is 79.9. The van der Waals surface area contributed by atoms with E-state index in [4.69, 9.17) is 4.74 Å². The average Bonchev–Trinajstić information content (AvgIpc) is 2.78. The second kappa shape index (κ2) is 5.65. The van der Waals surface area contributed by atoms with Crippen LogP contribution in [-0.4, -0.2) is 12.1 Å². The van der Waals surface area contributed by atoms with Gasteiger partial charge in [-0.05, 0) is 40.5 Å². The fraction of sp³-hybridized carbons (Fsp3) is 0.308. The summed E-state index contributed by atoms with van der Waals surface area (Å²) in [5.74, 6) is 0.846. The Morgan fingerprint density at radius 1 is 1.41 bits per heavy atom. The summed E-state index contributed by atoms with van der Waals surface area (Å²) in [5, 5.41) is 3.20. The number of rotatable bonds is 4. The summed E-state index contributed by atoms with van der Waals surface area (Å²) < 4.78 is 6.18. The maximum Gasteiger partial charge on any atom is 0.133 e. The summed E-state index contributed by atoms with van der Waals surface area (Å²) >= 11 is 5.19. The Hall–Kier alpha value is -0.870. The molecule has 0 saturated carbocycles. The molecule has 0 radical (unpaired) electrons. The predicted molar refractivity (Wildman–Crippen MR) is 75.8 cm³/mol. The molecule has 0 fully saturated rings. The van der Waals surface area contributed by atoms with E-state index in [0.29, 0.717) is 0 Å². The van der Waals surface area contributed by atoms with Crippen molar-refractivity contribution in [2.75, 3.05) is 7.11 Å². The molecule has 1 aromatic heterocycles. The first-order valence-corrected chi connectivity index (χ1v) is 7.20. The molecule has 17 heavy (non-hydrogen) atoms. The molecule has 0 bridgehead atoms. The van der Waals surface area contributed by atoms with E-state index >= 15 is 0 Å². The van der Waals surface area contributed by atoms with Gasteiger partial charge in [-0.1, -0.05) is 13.3 Å². The number of benzene rings is 1. The van der Waals surface area contributed by atoms with Crippen LogP contribution in [0.5, 0.6) is 5.75 Å². The summed E-state index contributed by atoms with van der Waals surface area (Å²) in [6.07, 6.45) is 2.18. The number of hydrogen-bond donors (Lipinski definition) is 0. The minimum Gasteiger partial charge on any atom is -0.496 e. The lowest BCUT2D eigenvalue weighted by Crippen LogP contribution is -1.86. The molecular formula is C13H14BrNOS. The van der Waals surface area contributed by atoms with Crippen LogP contribution in [0.1, 0.15) is 19.0 Å². The van der Waals surface area contributed by atoms with Gasteiger partial charge < -0.3 is 4.74 Å². The third-order valence-electron chi connectivity index (χ3n) is 2.46. The van der Waals surface area contributed by atoms with Crippen molar-refractivity contribution in [3.8, 4) is 16.3 Å². The van der Waals surface area contributed by atoms with Crippen LogP contribution >= 0.6 is 27.3 Å². The molecule has 0 aliphatic rings. The lowest BCUT2D eigenvalue weighted by Gasteiger charge is -2.04. The molecule has 0 atom stereocenters. The summed E-state index contributed by atoms with van der Waals surface area (Å²) in [6, 6.07) is 6.05. The number of hydrogen-bond acceptors (Lipinski definition) is 3. The lowest BCUT2D eigenvalue weighted by atomic mass is 10.2. The maximum atomic E-state index is 5.22. The third-order valence-corrected chi connectivity index (χ3v) is 4.02. The molecule has 0 aliphatic carbocycles. The van der Waals surface area contributed by atoms with Crippen molar-refractivity contribution in [3.05, 3.63) is 33.7 Å². The Morgan fingerprint density at radius 3 is 2.88 bits per heavy atom. The number of ether oxygens (including phenoxy) is 1. The van der Waals surface area contributed by atoms with Crippen LogP contribution in [0.4, 0.5) is 0 Å². The number of methoxy groups -OCH3 is 1. The standard InChI is InChI=1S/C13H14BrNOS/c1-3-4-10-8-17-13(15-10)9-5-6-12(16-2)11(14)7-9/h5-8H,3-4H2,1-2H3. The molecule has 0 amide bonds. The Balaban J connectivity index is 2.29. The van der Waals surface area contributed by atoms with Gasteiger partial charge in [0.2, 0.25) is 0 Å². The molecule has 1 aromatic carbocycles. The summed E-state index contributed by atoms with van der Waals surface area (Å²) in [5.41, 5.74) is 2.31. The molecule has 0 N–H and O–H groups in total. The molecule has 4 heteroatoms. The van der Waals surface area contributed by atoms with Crippen molar-refractivity contribution in [1.29, 1.82) is 0 Å². The summed E-state index contributed by atoms with van der Waals surface area (Å²) in [7, 11) is 1.67. The summed E-state index contributed by atoms with van der Waals surface area (Å²) in [6.45, 7) is 2.17. The van der Waals surface area contributed by atoms with Gasteiger partial charge >= 0.3 is 0 Å². The highest BCUT2D eigenvalue weighted by Crippen LogP contribution is 2.32. The van der Waals surface area contributed by atoms with Crippen molar-refractivity contribution < 1.29 is 4.74 Å². The number of aryl methyl sites for hydroxylation is 1. The van der Waals surface area contributed by atoms with Crippen LogP contribution in [0.2, 0.25) is 0 Å². The molecule has 0 saturated heterocycles. The van der Waals surface area contributed by atoms with E-state index in [2.05, 4.69) is 33.2 Å². The topological polar surface area (TPSA) is 22.1 Å². The molecule has 2 aromatic rings. The number of thiazole rings is 1. The van der Waals surface area contributed by atoms with Gasteiger partial charge in [-0.25, -0.2) is 4.98 Å². The first-order chi connectivity index (χ1) is 8.24. The van der Waals surface area contributed by atoms with Gasteiger partial charge in [0, 0.05) is 10.9 Å². The van der Waals surface area contributed by atoms with Crippen molar-refractivity contribution in [1.82, 2.24) is 4.98 Å². The van der Waals surface area contributed by atoms with Gasteiger partial charge in [-0.3, -0.25) is 0 Å². The van der Waals surface area contributed by atoms with E-state index in [1.54, 1.807) is 18.4 Å². The zero-order valence-corrected chi connectivity index (χ0v) is 12.3. The van der Waals surface area contributed by atoms with E-state index in [1.807, 2.05) is 18.2 Å². The van der Waals surface area contributed by atoms with Crippen molar-refractivity contribution in [3.63, 3.8) is 0 Å². The third kappa shape index (κ3) is 2.87. The normalized spacial score (nSPS) is 10.5. The van der Waals surface area contributed by atoms with Crippen molar-refractivity contribution in [2.45, 2.75) is 19.8 Å². The Morgan fingerprint density at radius 2 is 2.24 bits per heavy atom. The largest absolute Gasteiger partial charge is 0.496 e. The second-order valence-electron chi connectivity index (χ2n) is 3.74. The molecular weight excluding hydrogens is 298 g/mol. The zero-order chi connectivity index (χ0) is 12.3. The Bertz CT molecular complexity index is 510. The SMILES string of the molecule is CCCc1csc(-c2ccc(OC)c(Br)c2)n1. The Kier molecular flexibility index (Phi) is 4.18. The summed E-state index contributed by atoms with van der Waals surface area (Å²) in [4.78, 5) is 4.62. The fourth-order valence-corrected chi connectivity index (χ4v) is 3.00. The van der Waals surface area contributed by atoms with Gasteiger partial charge in [0.05, 0.1) is 17.3 Å². The van der Waals surface area contributed by atoms with Crippen molar-refractivity contribution >= 4 is 27.3 Å². The number of nitrogens with zero attached hydrogens (tertiary/aromatic N) is 1. The molecule has 0 spiro atoms. The average molecular weight is 312 g/mol. The molecule has 90 valence electrons. The molecule has 2 rings (SSSR count). The van der Waals surface area contributed by atoms with Crippen LogP contribution in [-0.2, 0) is 6.42 Å². The van der Waals surface area contributed by atoms with Crippen LogP contribution in [0, 0.1) is 0 Å². The molecule has 0 aliphatic heterocycles. The Labute approximate surface area is 114 Å². The van der Waals surface area contributed by atoms with Crippen LogP contribution < -0.4 is 4.74 Å². The van der Waals surface area contributed by atoms with Crippen LogP contribution in [0.25, 0.3) is 10.6 Å². The minimum absolute atomic E-state index is 0.846. The van der Waals surface area contributed by atoms with E-state index < -0.39 is 0 Å². The highest BCUT2D eigenvalue weighted by molar-refractivity contribution is 9.10. The van der Waals surface area contributed by atoms with Gasteiger partial charge in [0.25, 0.3) is 0 Å². The monoisotopic (exact) mass is 311 g/mol. The van der Waals surface area contributed by atoms with E-state index in [0.717, 1.165) is 33.6 Å². The zero-order valence-electron chi connectivity index (χ0n) is 9.87. The van der Waals surface area contributed by atoms with Gasteiger partial charge in [-0.15, -0.1) is 11.3 Å². The number of halogens is 1. The van der Waals surface area contributed by atoms with Crippen LogP contribution in [0.15, 0.2) is 28.1 Å². The molecule has 0 unspecified atom stereocenters. The predicted octanol–water partition coefficient (Wildman–Crippen LogP) is 4.53. The lowest BCUT2D eigenvalue weighted by molar-refractivity contribution is 0.412. The van der Waals surface area contributed by atoms with Crippen LogP contribution in [0.3, 0.4) is 0 Å². The fourth-order valence-electron chi connectivity index (χ4n) is 1.61. The van der Waals surface area contributed by atoms with Gasteiger partial charge in [0.15, 0.2) is 0 Å². The van der Waals surface area contributed by atoms with Gasteiger partial charge in [-0.2, -0.15) is 0 Å². The van der Waals surface area contributed by atoms with E-state index in [9.17, 15) is 0 Å². The second-order valence-corrected chi connectivity index (χ2v) is 5.46. The first kappa shape index (κ1) is 12.6. The minimum atomic E-state index is 0.846. The molecule has 2 nitrogen and oxygen atoms in total. The quantitative estimate of drug-likeness (QED) is 0.827.